The fourth-order valence-corrected chi connectivity index (χ4v) is 2.77. The third-order valence-electron chi connectivity index (χ3n) is 4.11. The van der Waals surface area contributed by atoms with Gasteiger partial charge in [0.05, 0.1) is 11.6 Å². The fraction of sp³-hybridized carbons (Fsp3) is 0.136. The van der Waals surface area contributed by atoms with Gasteiger partial charge in [0.25, 0.3) is 0 Å². The molecule has 0 aliphatic rings. The summed E-state index contributed by atoms with van der Waals surface area (Å²) in [6.07, 6.45) is 1.96. The van der Waals surface area contributed by atoms with Crippen molar-refractivity contribution < 1.29 is 0 Å². The van der Waals surface area contributed by atoms with Gasteiger partial charge in [0.15, 0.2) is 0 Å². The monoisotopic (exact) mass is 297 g/mol. The lowest BCUT2D eigenvalue weighted by Crippen LogP contribution is -1.88. The minimum atomic E-state index is 0.515. The van der Waals surface area contributed by atoms with Crippen molar-refractivity contribution in [2.45, 2.75) is 19.8 Å². The van der Waals surface area contributed by atoms with E-state index in [1.54, 1.807) is 0 Å². The van der Waals surface area contributed by atoms with E-state index in [0.717, 1.165) is 21.9 Å². The maximum Gasteiger partial charge on any atom is 0.0998 e. The average molecular weight is 297 g/mol. The first-order chi connectivity index (χ1) is 11.2. The predicted molar refractivity (Wildman–Crippen MR) is 98.0 cm³/mol. The van der Waals surface area contributed by atoms with Gasteiger partial charge in [0.1, 0.15) is 0 Å². The van der Waals surface area contributed by atoms with Crippen molar-refractivity contribution in [3.63, 3.8) is 0 Å². The van der Waals surface area contributed by atoms with Crippen LogP contribution in [-0.2, 0) is 0 Å². The van der Waals surface area contributed by atoms with Crippen LogP contribution in [0.3, 0.4) is 0 Å². The Morgan fingerprint density at radius 1 is 0.913 bits per heavy atom. The molecule has 1 heteroatoms. The number of hydrogen-bond acceptors (Lipinski definition) is 1. The number of nitrogens with zero attached hydrogens (tertiary/aromatic N) is 1. The van der Waals surface area contributed by atoms with Crippen molar-refractivity contribution in [3.8, 4) is 6.07 Å². The number of nitriles is 1. The summed E-state index contributed by atoms with van der Waals surface area (Å²) < 4.78 is 0. The summed E-state index contributed by atoms with van der Waals surface area (Å²) in [4.78, 5) is 0. The highest BCUT2D eigenvalue weighted by molar-refractivity contribution is 6.01. The van der Waals surface area contributed by atoms with E-state index in [-0.39, 0.29) is 0 Å². The highest BCUT2D eigenvalue weighted by Crippen LogP contribution is 2.26. The van der Waals surface area contributed by atoms with Crippen molar-refractivity contribution in [1.29, 1.82) is 5.26 Å². The highest BCUT2D eigenvalue weighted by Gasteiger charge is 2.06. The first-order valence-electron chi connectivity index (χ1n) is 7.89. The van der Waals surface area contributed by atoms with E-state index in [1.165, 1.54) is 5.56 Å². The van der Waals surface area contributed by atoms with Crippen molar-refractivity contribution in [2.75, 3.05) is 0 Å². The lowest BCUT2D eigenvalue weighted by atomic mass is 9.96. The van der Waals surface area contributed by atoms with Gasteiger partial charge in [-0.3, -0.25) is 0 Å². The maximum atomic E-state index is 9.62. The predicted octanol–water partition coefficient (Wildman–Crippen LogP) is 6.03. The Morgan fingerprint density at radius 2 is 1.61 bits per heavy atom. The summed E-state index contributed by atoms with van der Waals surface area (Å²) in [7, 11) is 0. The molecular formula is C22H19N. The van der Waals surface area contributed by atoms with Crippen LogP contribution >= 0.6 is 0 Å². The standard InChI is InChI=1S/C22H19N/c1-16(2)18-12-10-17(11-13-18)14-20(15-23)22-9-5-7-19-6-3-4-8-21(19)22/h3-14,16H,1-2H3/b20-14-. The Bertz CT molecular complexity index is 888. The van der Waals surface area contributed by atoms with Gasteiger partial charge in [0.2, 0.25) is 0 Å². The van der Waals surface area contributed by atoms with Crippen molar-refractivity contribution in [3.05, 3.63) is 83.4 Å². The lowest BCUT2D eigenvalue weighted by Gasteiger charge is -2.07. The number of fused-ring (bicyclic) bond motifs is 1. The van der Waals surface area contributed by atoms with Gasteiger partial charge in [-0.15, -0.1) is 0 Å². The molecule has 0 aromatic heterocycles. The van der Waals surface area contributed by atoms with E-state index in [1.807, 2.05) is 30.3 Å². The maximum absolute atomic E-state index is 9.62. The summed E-state index contributed by atoms with van der Waals surface area (Å²) in [6.45, 7) is 4.36. The van der Waals surface area contributed by atoms with Crippen LogP contribution in [0.2, 0.25) is 0 Å². The quantitative estimate of drug-likeness (QED) is 0.428. The Morgan fingerprint density at radius 3 is 2.30 bits per heavy atom. The lowest BCUT2D eigenvalue weighted by molar-refractivity contribution is 0.866. The van der Waals surface area contributed by atoms with Crippen molar-refractivity contribution in [2.24, 2.45) is 0 Å². The second-order valence-corrected chi connectivity index (χ2v) is 6.02. The molecule has 0 saturated heterocycles. The molecule has 0 spiro atoms. The largest absolute Gasteiger partial charge is 0.192 e. The fourth-order valence-electron chi connectivity index (χ4n) is 2.77. The SMILES string of the molecule is CC(C)c1ccc(/C=C(/C#N)c2cccc3ccccc23)cc1. The van der Waals surface area contributed by atoms with E-state index < -0.39 is 0 Å². The van der Waals surface area contributed by atoms with E-state index >= 15 is 0 Å². The van der Waals surface area contributed by atoms with Gasteiger partial charge in [-0.05, 0) is 33.9 Å². The third kappa shape index (κ3) is 3.17. The van der Waals surface area contributed by atoms with Gasteiger partial charge >= 0.3 is 0 Å². The third-order valence-corrected chi connectivity index (χ3v) is 4.11. The molecule has 0 bridgehead atoms. The average Bonchev–Trinajstić information content (AvgIpc) is 2.59. The summed E-state index contributed by atoms with van der Waals surface area (Å²) in [5.74, 6) is 0.515. The molecule has 3 aromatic rings. The normalized spacial score (nSPS) is 11.7. The number of rotatable bonds is 3. The molecule has 0 N–H and O–H groups in total. The van der Waals surface area contributed by atoms with E-state index in [0.29, 0.717) is 11.5 Å². The molecule has 0 amide bonds. The molecule has 112 valence electrons. The molecule has 0 aliphatic carbocycles. The molecule has 1 nitrogen and oxygen atoms in total. The first kappa shape index (κ1) is 15.1. The van der Waals surface area contributed by atoms with Crippen LogP contribution in [0.1, 0.15) is 36.5 Å². The molecule has 23 heavy (non-hydrogen) atoms. The van der Waals surface area contributed by atoms with Gasteiger partial charge < -0.3 is 0 Å². The van der Waals surface area contributed by atoms with Gasteiger partial charge in [-0.25, -0.2) is 0 Å². The Labute approximate surface area is 137 Å². The van der Waals surface area contributed by atoms with Crippen LogP contribution in [0.25, 0.3) is 22.4 Å². The minimum Gasteiger partial charge on any atom is -0.192 e. The minimum absolute atomic E-state index is 0.515. The van der Waals surface area contributed by atoms with Crippen LogP contribution in [0, 0.1) is 11.3 Å². The second-order valence-electron chi connectivity index (χ2n) is 6.02. The number of benzene rings is 3. The molecule has 3 aromatic carbocycles. The molecule has 0 saturated carbocycles. The van der Waals surface area contributed by atoms with Crippen LogP contribution in [0.15, 0.2) is 66.7 Å². The molecule has 0 unspecified atom stereocenters. The molecule has 0 aliphatic heterocycles. The topological polar surface area (TPSA) is 23.8 Å². The van der Waals surface area contributed by atoms with Crippen molar-refractivity contribution in [1.82, 2.24) is 0 Å². The van der Waals surface area contributed by atoms with E-state index in [9.17, 15) is 5.26 Å². The molecule has 0 radical (unpaired) electrons. The Hall–Kier alpha value is -2.85. The van der Waals surface area contributed by atoms with E-state index in [2.05, 4.69) is 62.4 Å². The summed E-state index contributed by atoms with van der Waals surface area (Å²) in [5.41, 5.74) is 4.04. The Balaban J connectivity index is 2.06. The smallest absolute Gasteiger partial charge is 0.0998 e. The molecule has 3 rings (SSSR count). The van der Waals surface area contributed by atoms with Crippen LogP contribution in [-0.4, -0.2) is 0 Å². The number of hydrogen-bond donors (Lipinski definition) is 0. The molecular weight excluding hydrogens is 278 g/mol. The summed E-state index contributed by atoms with van der Waals surface area (Å²) in [6, 6.07) is 25.1. The van der Waals surface area contributed by atoms with Crippen LogP contribution in [0.5, 0.6) is 0 Å². The van der Waals surface area contributed by atoms with Gasteiger partial charge in [0, 0.05) is 5.56 Å². The molecule has 0 heterocycles. The molecule has 0 atom stereocenters. The highest BCUT2D eigenvalue weighted by atomic mass is 14.3. The summed E-state index contributed by atoms with van der Waals surface area (Å²) in [5, 5.41) is 11.9. The molecule has 0 fully saturated rings. The zero-order chi connectivity index (χ0) is 16.2. The summed E-state index contributed by atoms with van der Waals surface area (Å²) >= 11 is 0. The van der Waals surface area contributed by atoms with Crippen molar-refractivity contribution >= 4 is 22.4 Å². The van der Waals surface area contributed by atoms with Crippen LogP contribution in [0.4, 0.5) is 0 Å². The Kier molecular flexibility index (Phi) is 4.26. The number of allylic oxidation sites excluding steroid dienone is 1. The van der Waals surface area contributed by atoms with Gasteiger partial charge in [-0.1, -0.05) is 80.6 Å². The first-order valence-corrected chi connectivity index (χ1v) is 7.89. The van der Waals surface area contributed by atoms with Gasteiger partial charge in [-0.2, -0.15) is 5.26 Å². The zero-order valence-electron chi connectivity index (χ0n) is 13.5. The zero-order valence-corrected chi connectivity index (χ0v) is 13.5. The second kappa shape index (κ2) is 6.50. The van der Waals surface area contributed by atoms with E-state index in [4.69, 9.17) is 0 Å². The van der Waals surface area contributed by atoms with Crippen LogP contribution < -0.4 is 0 Å².